The van der Waals surface area contributed by atoms with Gasteiger partial charge in [-0.05, 0) is 26.0 Å². The van der Waals surface area contributed by atoms with Crippen molar-refractivity contribution in [1.82, 2.24) is 25.2 Å². The van der Waals surface area contributed by atoms with Crippen molar-refractivity contribution in [2.24, 2.45) is 0 Å². The van der Waals surface area contributed by atoms with Gasteiger partial charge in [0, 0.05) is 18.3 Å². The fraction of sp³-hybridized carbons (Fsp3) is 0.294. The molecule has 0 bridgehead atoms. The fourth-order valence-electron chi connectivity index (χ4n) is 2.29. The van der Waals surface area contributed by atoms with Gasteiger partial charge in [0.2, 0.25) is 11.7 Å². The monoisotopic (exact) mass is 341 g/mol. The normalized spacial score (nSPS) is 12.0. The Balaban J connectivity index is 1.71. The molecule has 25 heavy (non-hydrogen) atoms. The molecule has 3 rings (SSSR count). The Bertz CT molecular complexity index is 871. The molecule has 0 radical (unpaired) electrons. The lowest BCUT2D eigenvalue weighted by molar-refractivity contribution is 0.0932. The Kier molecular flexibility index (Phi) is 4.78. The molecule has 8 heteroatoms. The van der Waals surface area contributed by atoms with Crippen LogP contribution in [0.25, 0.3) is 11.4 Å². The number of nitrogens with zero attached hydrogens (tertiary/aromatic N) is 4. The van der Waals surface area contributed by atoms with E-state index in [1.54, 1.807) is 24.9 Å². The Hall–Kier alpha value is -3.16. The number of hydrogen-bond acceptors (Lipinski definition) is 6. The summed E-state index contributed by atoms with van der Waals surface area (Å²) in [7, 11) is 1.60. The maximum atomic E-state index is 12.2. The molecule has 0 aliphatic rings. The van der Waals surface area contributed by atoms with Gasteiger partial charge in [0.1, 0.15) is 11.8 Å². The van der Waals surface area contributed by atoms with Crippen molar-refractivity contribution in [2.45, 2.75) is 26.4 Å². The number of aryl methyl sites for hydroxylation is 1. The second kappa shape index (κ2) is 7.16. The smallest absolute Gasteiger partial charge is 0.255 e. The molecule has 3 aromatic rings. The first-order valence-corrected chi connectivity index (χ1v) is 7.92. The predicted octanol–water partition coefficient (Wildman–Crippen LogP) is 2.45. The van der Waals surface area contributed by atoms with Crippen LogP contribution in [0.4, 0.5) is 0 Å². The Labute approximate surface area is 144 Å². The van der Waals surface area contributed by atoms with Crippen LogP contribution >= 0.6 is 0 Å². The molecule has 0 spiro atoms. The van der Waals surface area contributed by atoms with Crippen molar-refractivity contribution in [3.05, 3.63) is 48.1 Å². The van der Waals surface area contributed by atoms with Gasteiger partial charge in [0.15, 0.2) is 0 Å². The molecule has 0 unspecified atom stereocenters. The first-order chi connectivity index (χ1) is 12.1. The topological polar surface area (TPSA) is 95.1 Å². The van der Waals surface area contributed by atoms with Crippen LogP contribution in [-0.2, 0) is 6.54 Å². The molecule has 1 N–H and O–H groups in total. The quantitative estimate of drug-likeness (QED) is 0.740. The highest BCUT2D eigenvalue weighted by atomic mass is 16.5. The number of carbonyl (C=O) groups excluding carboxylic acids is 1. The van der Waals surface area contributed by atoms with Crippen molar-refractivity contribution in [1.29, 1.82) is 0 Å². The van der Waals surface area contributed by atoms with E-state index in [9.17, 15) is 4.79 Å². The van der Waals surface area contributed by atoms with Gasteiger partial charge < -0.3 is 14.6 Å². The minimum Gasteiger partial charge on any atom is -0.497 e. The lowest BCUT2D eigenvalue weighted by Gasteiger charge is -2.08. The van der Waals surface area contributed by atoms with Gasteiger partial charge in [-0.1, -0.05) is 17.3 Å². The SMILES string of the molecule is CCn1cc(C(=O)N[C@H](C)c2nc(-c3cccc(OC)c3)no2)cn1. The number of nitrogens with one attached hydrogen (secondary N) is 1. The summed E-state index contributed by atoms with van der Waals surface area (Å²) in [5, 5.41) is 10.9. The summed E-state index contributed by atoms with van der Waals surface area (Å²) in [6.45, 7) is 4.44. The van der Waals surface area contributed by atoms with Crippen LogP contribution < -0.4 is 10.1 Å². The standard InChI is InChI=1S/C17H19N5O3/c1-4-22-10-13(9-18-22)16(23)19-11(2)17-20-15(21-25-17)12-6-5-7-14(8-12)24-3/h5-11H,4H2,1-3H3,(H,19,23)/t11-/m1/s1. The largest absolute Gasteiger partial charge is 0.497 e. The summed E-state index contributed by atoms with van der Waals surface area (Å²) in [6, 6.07) is 6.94. The summed E-state index contributed by atoms with van der Waals surface area (Å²) in [6.07, 6.45) is 3.22. The van der Waals surface area contributed by atoms with E-state index < -0.39 is 6.04 Å². The van der Waals surface area contributed by atoms with Gasteiger partial charge in [-0.25, -0.2) is 0 Å². The van der Waals surface area contributed by atoms with Gasteiger partial charge in [0.05, 0.1) is 18.9 Å². The third-order valence-electron chi connectivity index (χ3n) is 3.71. The van der Waals surface area contributed by atoms with Crippen LogP contribution in [0.2, 0.25) is 0 Å². The molecule has 8 nitrogen and oxygen atoms in total. The van der Waals surface area contributed by atoms with Gasteiger partial charge >= 0.3 is 0 Å². The average Bonchev–Trinajstić information content (AvgIpc) is 3.31. The first kappa shape index (κ1) is 16.7. The van der Waals surface area contributed by atoms with E-state index in [1.807, 2.05) is 31.2 Å². The summed E-state index contributed by atoms with van der Waals surface area (Å²) in [5.41, 5.74) is 1.26. The van der Waals surface area contributed by atoms with Gasteiger partial charge in [0.25, 0.3) is 5.91 Å². The van der Waals surface area contributed by atoms with E-state index in [-0.39, 0.29) is 5.91 Å². The zero-order valence-electron chi connectivity index (χ0n) is 14.3. The van der Waals surface area contributed by atoms with Crippen LogP contribution in [0.15, 0.2) is 41.2 Å². The Morgan fingerprint density at radius 2 is 2.28 bits per heavy atom. The maximum Gasteiger partial charge on any atom is 0.255 e. The molecule has 0 fully saturated rings. The minimum atomic E-state index is -0.427. The van der Waals surface area contributed by atoms with E-state index >= 15 is 0 Å². The molecule has 1 amide bonds. The molecule has 0 aliphatic heterocycles. The zero-order valence-corrected chi connectivity index (χ0v) is 14.3. The molecule has 2 aromatic heterocycles. The van der Waals surface area contributed by atoms with Crippen molar-refractivity contribution < 1.29 is 14.1 Å². The van der Waals surface area contributed by atoms with Crippen LogP contribution in [-0.4, -0.2) is 32.9 Å². The molecule has 1 aromatic carbocycles. The van der Waals surface area contributed by atoms with Crippen LogP contribution in [0.3, 0.4) is 0 Å². The van der Waals surface area contributed by atoms with Crippen molar-refractivity contribution in [2.75, 3.05) is 7.11 Å². The lowest BCUT2D eigenvalue weighted by atomic mass is 10.2. The van der Waals surface area contributed by atoms with Crippen molar-refractivity contribution in [3.63, 3.8) is 0 Å². The summed E-state index contributed by atoms with van der Waals surface area (Å²) in [5.74, 6) is 1.23. The summed E-state index contributed by atoms with van der Waals surface area (Å²) >= 11 is 0. The van der Waals surface area contributed by atoms with Crippen molar-refractivity contribution in [3.8, 4) is 17.1 Å². The highest BCUT2D eigenvalue weighted by Gasteiger charge is 2.19. The van der Waals surface area contributed by atoms with E-state index in [0.717, 1.165) is 5.56 Å². The highest BCUT2D eigenvalue weighted by molar-refractivity contribution is 5.93. The summed E-state index contributed by atoms with van der Waals surface area (Å²) in [4.78, 5) is 16.6. The second-order valence-corrected chi connectivity index (χ2v) is 5.47. The Morgan fingerprint density at radius 1 is 1.44 bits per heavy atom. The van der Waals surface area contributed by atoms with E-state index in [0.29, 0.717) is 29.6 Å². The average molecular weight is 341 g/mol. The number of methoxy groups -OCH3 is 1. The lowest BCUT2D eigenvalue weighted by Crippen LogP contribution is -2.26. The maximum absolute atomic E-state index is 12.2. The molecular weight excluding hydrogens is 322 g/mol. The molecule has 0 saturated carbocycles. The van der Waals surface area contributed by atoms with Gasteiger partial charge in [-0.15, -0.1) is 0 Å². The number of benzene rings is 1. The van der Waals surface area contributed by atoms with Crippen LogP contribution in [0, 0.1) is 0 Å². The Morgan fingerprint density at radius 3 is 3.00 bits per heavy atom. The van der Waals surface area contributed by atoms with E-state index in [4.69, 9.17) is 9.26 Å². The molecular formula is C17H19N5O3. The number of amides is 1. The number of ether oxygens (including phenoxy) is 1. The number of carbonyl (C=O) groups is 1. The molecule has 0 saturated heterocycles. The minimum absolute atomic E-state index is 0.242. The third kappa shape index (κ3) is 3.68. The molecule has 2 heterocycles. The predicted molar refractivity (Wildman–Crippen MR) is 90.1 cm³/mol. The summed E-state index contributed by atoms with van der Waals surface area (Å²) < 4.78 is 12.2. The van der Waals surface area contributed by atoms with Gasteiger partial charge in [-0.3, -0.25) is 9.48 Å². The van der Waals surface area contributed by atoms with Crippen LogP contribution in [0.5, 0.6) is 5.75 Å². The number of rotatable bonds is 6. The van der Waals surface area contributed by atoms with Gasteiger partial charge in [-0.2, -0.15) is 10.1 Å². The van der Waals surface area contributed by atoms with Crippen LogP contribution in [0.1, 0.15) is 36.1 Å². The number of aromatic nitrogens is 4. The molecule has 0 aliphatic carbocycles. The zero-order chi connectivity index (χ0) is 17.8. The van der Waals surface area contributed by atoms with Crippen molar-refractivity contribution >= 4 is 5.91 Å². The highest BCUT2D eigenvalue weighted by Crippen LogP contribution is 2.22. The second-order valence-electron chi connectivity index (χ2n) is 5.47. The number of hydrogen-bond donors (Lipinski definition) is 1. The van der Waals surface area contributed by atoms with E-state index in [2.05, 4.69) is 20.6 Å². The third-order valence-corrected chi connectivity index (χ3v) is 3.71. The first-order valence-electron chi connectivity index (χ1n) is 7.92. The van der Waals surface area contributed by atoms with E-state index in [1.165, 1.54) is 6.20 Å². The molecule has 1 atom stereocenters. The molecule has 130 valence electrons. The fourth-order valence-corrected chi connectivity index (χ4v) is 2.29.